The average molecular weight is 216 g/mol. The summed E-state index contributed by atoms with van der Waals surface area (Å²) in [6.45, 7) is 4.23. The van der Waals surface area contributed by atoms with Crippen LogP contribution in [0, 0.1) is 13.8 Å². The second-order valence-electron chi connectivity index (χ2n) is 3.96. The zero-order valence-electron chi connectivity index (χ0n) is 9.78. The van der Waals surface area contributed by atoms with Gasteiger partial charge >= 0.3 is 0 Å². The van der Waals surface area contributed by atoms with E-state index in [9.17, 15) is 0 Å². The Bertz CT molecular complexity index is 462. The largest absolute Gasteiger partial charge is 0.308 e. The molecule has 1 atom stereocenters. The molecule has 1 aromatic heterocycles. The van der Waals surface area contributed by atoms with Gasteiger partial charge in [0.25, 0.3) is 0 Å². The molecule has 0 spiro atoms. The first-order valence-corrected chi connectivity index (χ1v) is 5.32. The van der Waals surface area contributed by atoms with Crippen molar-refractivity contribution in [3.05, 3.63) is 46.8 Å². The van der Waals surface area contributed by atoms with E-state index in [4.69, 9.17) is 0 Å². The Balaban J connectivity index is 2.37. The number of aromatic nitrogens is 3. The number of aromatic amines is 1. The third kappa shape index (κ3) is 1.97. The molecule has 0 aliphatic rings. The van der Waals surface area contributed by atoms with Crippen LogP contribution in [0.5, 0.6) is 0 Å². The van der Waals surface area contributed by atoms with E-state index in [1.165, 1.54) is 16.7 Å². The number of rotatable bonds is 3. The van der Waals surface area contributed by atoms with Crippen molar-refractivity contribution in [2.24, 2.45) is 0 Å². The van der Waals surface area contributed by atoms with E-state index in [0.717, 1.165) is 5.69 Å². The van der Waals surface area contributed by atoms with Crippen molar-refractivity contribution < 1.29 is 0 Å². The van der Waals surface area contributed by atoms with E-state index in [-0.39, 0.29) is 6.04 Å². The van der Waals surface area contributed by atoms with E-state index in [0.29, 0.717) is 0 Å². The Morgan fingerprint density at radius 1 is 1.25 bits per heavy atom. The highest BCUT2D eigenvalue weighted by Gasteiger charge is 2.14. The fourth-order valence-electron chi connectivity index (χ4n) is 1.78. The van der Waals surface area contributed by atoms with Crippen LogP contribution in [0.4, 0.5) is 0 Å². The molecule has 0 saturated carbocycles. The molecule has 0 amide bonds. The maximum atomic E-state index is 4.12. The van der Waals surface area contributed by atoms with E-state index in [1.807, 2.05) is 7.05 Å². The zero-order valence-corrected chi connectivity index (χ0v) is 9.78. The summed E-state index contributed by atoms with van der Waals surface area (Å²) in [6, 6.07) is 6.54. The fourth-order valence-corrected chi connectivity index (χ4v) is 1.78. The molecule has 0 saturated heterocycles. The summed E-state index contributed by atoms with van der Waals surface area (Å²) < 4.78 is 0. The minimum absolute atomic E-state index is 0.0954. The van der Waals surface area contributed by atoms with Crippen LogP contribution in [-0.2, 0) is 0 Å². The van der Waals surface area contributed by atoms with Crippen LogP contribution in [-0.4, -0.2) is 22.5 Å². The van der Waals surface area contributed by atoms with Gasteiger partial charge in [0.05, 0.1) is 12.2 Å². The molecule has 2 rings (SSSR count). The lowest BCUT2D eigenvalue weighted by atomic mass is 9.99. The number of aryl methyl sites for hydroxylation is 2. The molecular formula is C12H16N4. The maximum Gasteiger partial charge on any atom is 0.104 e. The number of H-pyrrole nitrogens is 1. The van der Waals surface area contributed by atoms with E-state index < -0.39 is 0 Å². The van der Waals surface area contributed by atoms with E-state index >= 15 is 0 Å². The van der Waals surface area contributed by atoms with Gasteiger partial charge in [-0.2, -0.15) is 15.4 Å². The van der Waals surface area contributed by atoms with Gasteiger partial charge in [-0.25, -0.2) is 0 Å². The standard InChI is InChI=1S/C12H16N4/c1-8-4-5-10(6-9(8)2)12(13-3)11-7-14-16-15-11/h4-7,12-13H,1-3H3,(H,14,15,16). The maximum absolute atomic E-state index is 4.12. The van der Waals surface area contributed by atoms with Gasteiger partial charge in [0.15, 0.2) is 0 Å². The van der Waals surface area contributed by atoms with Crippen LogP contribution in [0.2, 0.25) is 0 Å². The predicted octanol–water partition coefficient (Wildman–Crippen LogP) is 1.73. The van der Waals surface area contributed by atoms with Crippen molar-refractivity contribution >= 4 is 0 Å². The lowest BCUT2D eigenvalue weighted by Gasteiger charge is -2.15. The Hall–Kier alpha value is -1.68. The molecule has 4 heteroatoms. The topological polar surface area (TPSA) is 53.6 Å². The minimum atomic E-state index is 0.0954. The Morgan fingerprint density at radius 3 is 2.62 bits per heavy atom. The molecule has 1 aromatic carbocycles. The smallest absolute Gasteiger partial charge is 0.104 e. The Labute approximate surface area is 95.1 Å². The lowest BCUT2D eigenvalue weighted by Crippen LogP contribution is -2.18. The van der Waals surface area contributed by atoms with Crippen molar-refractivity contribution in [1.29, 1.82) is 0 Å². The number of hydrogen-bond donors (Lipinski definition) is 2. The highest BCUT2D eigenvalue weighted by Crippen LogP contribution is 2.21. The summed E-state index contributed by atoms with van der Waals surface area (Å²) in [5, 5.41) is 13.8. The molecule has 16 heavy (non-hydrogen) atoms. The van der Waals surface area contributed by atoms with Crippen molar-refractivity contribution in [3.8, 4) is 0 Å². The summed E-state index contributed by atoms with van der Waals surface area (Å²) in [7, 11) is 1.93. The van der Waals surface area contributed by atoms with Crippen LogP contribution in [0.3, 0.4) is 0 Å². The molecule has 0 bridgehead atoms. The Morgan fingerprint density at radius 2 is 2.06 bits per heavy atom. The van der Waals surface area contributed by atoms with Gasteiger partial charge in [0.2, 0.25) is 0 Å². The fraction of sp³-hybridized carbons (Fsp3) is 0.333. The molecule has 2 N–H and O–H groups in total. The minimum Gasteiger partial charge on any atom is -0.308 e. The molecule has 4 nitrogen and oxygen atoms in total. The molecule has 1 unspecified atom stereocenters. The summed E-state index contributed by atoms with van der Waals surface area (Å²) in [5.41, 5.74) is 4.71. The number of nitrogens with one attached hydrogen (secondary N) is 2. The van der Waals surface area contributed by atoms with Gasteiger partial charge in [0.1, 0.15) is 5.69 Å². The van der Waals surface area contributed by atoms with Gasteiger partial charge in [-0.1, -0.05) is 18.2 Å². The molecule has 84 valence electrons. The van der Waals surface area contributed by atoms with Crippen molar-refractivity contribution in [2.45, 2.75) is 19.9 Å². The number of nitrogens with zero attached hydrogens (tertiary/aromatic N) is 2. The van der Waals surface area contributed by atoms with Crippen molar-refractivity contribution in [2.75, 3.05) is 7.05 Å². The van der Waals surface area contributed by atoms with Crippen LogP contribution in [0.15, 0.2) is 24.4 Å². The number of benzene rings is 1. The lowest BCUT2D eigenvalue weighted by molar-refractivity contribution is 0.666. The molecule has 0 fully saturated rings. The van der Waals surface area contributed by atoms with Crippen LogP contribution in [0.1, 0.15) is 28.4 Å². The Kier molecular flexibility index (Phi) is 3.01. The quantitative estimate of drug-likeness (QED) is 0.821. The van der Waals surface area contributed by atoms with Crippen molar-refractivity contribution in [1.82, 2.24) is 20.7 Å². The monoisotopic (exact) mass is 216 g/mol. The third-order valence-corrected chi connectivity index (χ3v) is 2.88. The first-order valence-electron chi connectivity index (χ1n) is 5.32. The second kappa shape index (κ2) is 4.45. The van der Waals surface area contributed by atoms with Gasteiger partial charge in [-0.3, -0.25) is 0 Å². The summed E-state index contributed by atoms with van der Waals surface area (Å²) in [6.07, 6.45) is 1.75. The van der Waals surface area contributed by atoms with E-state index in [2.05, 4.69) is 52.8 Å². The highest BCUT2D eigenvalue weighted by atomic mass is 15.3. The third-order valence-electron chi connectivity index (χ3n) is 2.88. The molecule has 0 aliphatic carbocycles. The molecule has 2 aromatic rings. The normalized spacial score (nSPS) is 12.7. The second-order valence-corrected chi connectivity index (χ2v) is 3.96. The first-order chi connectivity index (χ1) is 7.72. The zero-order chi connectivity index (χ0) is 11.5. The summed E-state index contributed by atoms with van der Waals surface area (Å²) in [5.74, 6) is 0. The van der Waals surface area contributed by atoms with Crippen LogP contribution >= 0.6 is 0 Å². The predicted molar refractivity (Wildman–Crippen MR) is 63.2 cm³/mol. The summed E-state index contributed by atoms with van der Waals surface area (Å²) in [4.78, 5) is 0. The van der Waals surface area contributed by atoms with Gasteiger partial charge in [-0.05, 0) is 37.6 Å². The van der Waals surface area contributed by atoms with Crippen LogP contribution in [0.25, 0.3) is 0 Å². The highest BCUT2D eigenvalue weighted by molar-refractivity contribution is 5.34. The van der Waals surface area contributed by atoms with Crippen molar-refractivity contribution in [3.63, 3.8) is 0 Å². The number of hydrogen-bond acceptors (Lipinski definition) is 3. The van der Waals surface area contributed by atoms with Gasteiger partial charge in [0, 0.05) is 0 Å². The van der Waals surface area contributed by atoms with E-state index in [1.54, 1.807) is 6.20 Å². The van der Waals surface area contributed by atoms with Gasteiger partial charge in [-0.15, -0.1) is 0 Å². The molecular weight excluding hydrogens is 200 g/mol. The molecule has 0 radical (unpaired) electrons. The summed E-state index contributed by atoms with van der Waals surface area (Å²) >= 11 is 0. The SMILES string of the molecule is CNC(c1ccc(C)c(C)c1)c1cn[nH]n1. The molecule has 0 aliphatic heterocycles. The van der Waals surface area contributed by atoms with Crippen LogP contribution < -0.4 is 5.32 Å². The van der Waals surface area contributed by atoms with Gasteiger partial charge < -0.3 is 5.32 Å². The average Bonchev–Trinajstić information content (AvgIpc) is 2.78. The molecule has 1 heterocycles. The first kappa shape index (κ1) is 10.8.